The fourth-order valence-electron chi connectivity index (χ4n) is 3.15. The van der Waals surface area contributed by atoms with Crippen molar-refractivity contribution >= 4 is 21.6 Å². The number of amides is 1. The van der Waals surface area contributed by atoms with Crippen LogP contribution in [-0.2, 0) is 21.1 Å². The molecule has 1 heterocycles. The van der Waals surface area contributed by atoms with Crippen molar-refractivity contribution in [2.45, 2.75) is 17.7 Å². The molecular weight excluding hydrogens is 400 g/mol. The van der Waals surface area contributed by atoms with Crippen LogP contribution in [0.4, 0.5) is 0 Å². The number of benzene rings is 2. The minimum atomic E-state index is -3.38. The Kier molecular flexibility index (Phi) is 7.59. The molecule has 0 fully saturated rings. The normalized spacial score (nSPS) is 13.6. The second-order valence-electron chi connectivity index (χ2n) is 7.24. The molecular formula is C22H28N4O3S. The molecule has 0 saturated heterocycles. The average Bonchev–Trinajstić information content (AvgIpc) is 3.31. The van der Waals surface area contributed by atoms with Crippen LogP contribution in [0.25, 0.3) is 0 Å². The minimum Gasteiger partial charge on any atom is -0.368 e. The number of carbonyl (C=O) groups excluding carboxylic acids is 1. The first-order chi connectivity index (χ1) is 14.5. The summed E-state index contributed by atoms with van der Waals surface area (Å²) in [6.45, 7) is 2.63. The summed E-state index contributed by atoms with van der Waals surface area (Å²) in [5.41, 5.74) is 2.24. The average molecular weight is 429 g/mol. The van der Waals surface area contributed by atoms with Gasteiger partial charge in [0, 0.05) is 38.7 Å². The lowest BCUT2D eigenvalue weighted by atomic mass is 10.1. The lowest BCUT2D eigenvalue weighted by Gasteiger charge is -2.17. The fourth-order valence-corrected chi connectivity index (χ4v) is 4.30. The van der Waals surface area contributed by atoms with Crippen molar-refractivity contribution in [2.75, 3.05) is 39.1 Å². The summed E-state index contributed by atoms with van der Waals surface area (Å²) >= 11 is 0. The summed E-state index contributed by atoms with van der Waals surface area (Å²) in [4.78, 5) is 18.7. The van der Waals surface area contributed by atoms with Crippen molar-refractivity contribution in [1.29, 1.82) is 0 Å². The number of hydrogen-bond donors (Lipinski definition) is 2. The Labute approximate surface area is 178 Å². The molecule has 0 spiro atoms. The van der Waals surface area contributed by atoms with E-state index >= 15 is 0 Å². The molecule has 8 heteroatoms. The number of amidine groups is 1. The number of carbonyl (C=O) groups is 1. The summed E-state index contributed by atoms with van der Waals surface area (Å²) in [6, 6.07) is 16.5. The highest BCUT2D eigenvalue weighted by Gasteiger charge is 2.14. The Hall–Kier alpha value is -2.71. The van der Waals surface area contributed by atoms with Crippen molar-refractivity contribution in [3.8, 4) is 0 Å². The quantitative estimate of drug-likeness (QED) is 0.559. The van der Waals surface area contributed by atoms with E-state index in [1.807, 2.05) is 12.1 Å². The Morgan fingerprint density at radius 3 is 2.53 bits per heavy atom. The van der Waals surface area contributed by atoms with E-state index < -0.39 is 9.84 Å². The Morgan fingerprint density at radius 1 is 1.13 bits per heavy atom. The SMILES string of the molecule is CN(CCc1ccc(C2=NCCN2)cc1)C(=O)CCNCS(=O)(=O)c1ccccc1. The summed E-state index contributed by atoms with van der Waals surface area (Å²) < 4.78 is 24.4. The molecule has 2 N–H and O–H groups in total. The van der Waals surface area contributed by atoms with Gasteiger partial charge in [0.2, 0.25) is 5.91 Å². The molecule has 1 aliphatic rings. The Balaban J connectivity index is 1.37. The standard InChI is InChI=1S/C22H28N4O3S/c1-26(16-12-18-7-9-19(10-8-18)22-24-14-15-25-22)21(27)11-13-23-17-30(28,29)20-5-3-2-4-6-20/h2-10,23H,11-17H2,1H3,(H,24,25). The first-order valence-corrected chi connectivity index (χ1v) is 11.7. The maximum Gasteiger partial charge on any atom is 0.223 e. The maximum absolute atomic E-state index is 12.3. The molecule has 0 aliphatic carbocycles. The van der Waals surface area contributed by atoms with E-state index in [0.29, 0.717) is 13.1 Å². The molecule has 1 amide bonds. The first-order valence-electron chi connectivity index (χ1n) is 10.1. The van der Waals surface area contributed by atoms with E-state index in [4.69, 9.17) is 0 Å². The molecule has 0 bridgehead atoms. The van der Waals surface area contributed by atoms with E-state index in [2.05, 4.69) is 27.8 Å². The molecule has 2 aromatic carbocycles. The van der Waals surface area contributed by atoms with Gasteiger partial charge in [-0.15, -0.1) is 0 Å². The van der Waals surface area contributed by atoms with Gasteiger partial charge >= 0.3 is 0 Å². The second kappa shape index (κ2) is 10.4. The highest BCUT2D eigenvalue weighted by Crippen LogP contribution is 2.09. The van der Waals surface area contributed by atoms with E-state index in [1.54, 1.807) is 42.3 Å². The van der Waals surface area contributed by atoms with E-state index in [-0.39, 0.29) is 23.1 Å². The zero-order valence-corrected chi connectivity index (χ0v) is 18.0. The molecule has 1 aliphatic heterocycles. The highest BCUT2D eigenvalue weighted by atomic mass is 32.2. The number of rotatable bonds is 10. The predicted octanol–water partition coefficient (Wildman–Crippen LogP) is 1.45. The third kappa shape index (κ3) is 6.14. The summed E-state index contributed by atoms with van der Waals surface area (Å²) in [5.74, 6) is 0.747. The summed E-state index contributed by atoms with van der Waals surface area (Å²) in [6.07, 6.45) is 1.02. The fraction of sp³-hybridized carbons (Fsp3) is 0.364. The third-order valence-corrected chi connectivity index (χ3v) is 6.55. The van der Waals surface area contributed by atoms with Crippen LogP contribution in [-0.4, -0.2) is 64.2 Å². The monoisotopic (exact) mass is 428 g/mol. The van der Waals surface area contributed by atoms with Gasteiger partial charge in [0.05, 0.1) is 11.4 Å². The van der Waals surface area contributed by atoms with Crippen molar-refractivity contribution in [3.05, 3.63) is 65.7 Å². The van der Waals surface area contributed by atoms with Gasteiger partial charge in [0.1, 0.15) is 11.7 Å². The second-order valence-corrected chi connectivity index (χ2v) is 9.23. The van der Waals surface area contributed by atoms with Gasteiger partial charge in [-0.3, -0.25) is 9.79 Å². The molecule has 0 atom stereocenters. The lowest BCUT2D eigenvalue weighted by molar-refractivity contribution is -0.129. The summed E-state index contributed by atoms with van der Waals surface area (Å²) in [7, 11) is -1.61. The smallest absolute Gasteiger partial charge is 0.223 e. The van der Waals surface area contributed by atoms with Crippen LogP contribution in [0.1, 0.15) is 17.5 Å². The lowest BCUT2D eigenvalue weighted by Crippen LogP contribution is -2.32. The van der Waals surface area contributed by atoms with Crippen LogP contribution in [0.15, 0.2) is 64.5 Å². The van der Waals surface area contributed by atoms with Crippen LogP contribution in [0, 0.1) is 0 Å². The number of sulfone groups is 1. The van der Waals surface area contributed by atoms with Gasteiger partial charge in [-0.25, -0.2) is 8.42 Å². The van der Waals surface area contributed by atoms with Crippen LogP contribution >= 0.6 is 0 Å². The van der Waals surface area contributed by atoms with Crippen molar-refractivity contribution in [2.24, 2.45) is 4.99 Å². The number of hydrogen-bond acceptors (Lipinski definition) is 6. The first kappa shape index (κ1) is 22.0. The highest BCUT2D eigenvalue weighted by molar-refractivity contribution is 7.91. The number of nitrogens with zero attached hydrogens (tertiary/aromatic N) is 2. The molecule has 0 aromatic heterocycles. The number of likely N-dealkylation sites (N-methyl/N-ethyl adjacent to an activating group) is 1. The zero-order valence-electron chi connectivity index (χ0n) is 17.2. The molecule has 3 rings (SSSR count). The maximum atomic E-state index is 12.3. The van der Waals surface area contributed by atoms with Gasteiger partial charge in [-0.1, -0.05) is 42.5 Å². The Bertz CT molecular complexity index is 973. The molecule has 2 aromatic rings. The van der Waals surface area contributed by atoms with Gasteiger partial charge in [-0.05, 0) is 24.1 Å². The topological polar surface area (TPSA) is 90.9 Å². The van der Waals surface area contributed by atoms with Crippen LogP contribution in [0.3, 0.4) is 0 Å². The minimum absolute atomic E-state index is 0.0132. The van der Waals surface area contributed by atoms with Crippen LogP contribution in [0.5, 0.6) is 0 Å². The van der Waals surface area contributed by atoms with Crippen LogP contribution < -0.4 is 10.6 Å². The van der Waals surface area contributed by atoms with E-state index in [0.717, 1.165) is 36.5 Å². The zero-order chi connectivity index (χ0) is 21.4. The van der Waals surface area contributed by atoms with Crippen LogP contribution in [0.2, 0.25) is 0 Å². The molecule has 30 heavy (non-hydrogen) atoms. The number of nitrogens with one attached hydrogen (secondary N) is 2. The molecule has 7 nitrogen and oxygen atoms in total. The number of aliphatic imine (C=N–C) groups is 1. The van der Waals surface area contributed by atoms with Gasteiger partial charge in [0.15, 0.2) is 9.84 Å². The van der Waals surface area contributed by atoms with E-state index in [9.17, 15) is 13.2 Å². The Morgan fingerprint density at radius 2 is 1.87 bits per heavy atom. The molecule has 0 radical (unpaired) electrons. The third-order valence-electron chi connectivity index (χ3n) is 4.97. The van der Waals surface area contributed by atoms with Gasteiger partial charge < -0.3 is 15.5 Å². The molecule has 0 unspecified atom stereocenters. The largest absolute Gasteiger partial charge is 0.368 e. The van der Waals surface area contributed by atoms with Crippen molar-refractivity contribution in [1.82, 2.24) is 15.5 Å². The summed E-state index contributed by atoms with van der Waals surface area (Å²) in [5, 5.41) is 6.12. The predicted molar refractivity (Wildman–Crippen MR) is 118 cm³/mol. The van der Waals surface area contributed by atoms with Gasteiger partial charge in [0.25, 0.3) is 0 Å². The van der Waals surface area contributed by atoms with Crippen molar-refractivity contribution < 1.29 is 13.2 Å². The van der Waals surface area contributed by atoms with Gasteiger partial charge in [-0.2, -0.15) is 0 Å². The molecule has 0 saturated carbocycles. The van der Waals surface area contributed by atoms with E-state index in [1.165, 1.54) is 0 Å². The molecule has 160 valence electrons. The van der Waals surface area contributed by atoms with Crippen molar-refractivity contribution in [3.63, 3.8) is 0 Å².